The highest BCUT2D eigenvalue weighted by molar-refractivity contribution is 7.12. The Morgan fingerprint density at radius 3 is 2.48 bits per heavy atom. The van der Waals surface area contributed by atoms with Crippen LogP contribution in [0, 0.1) is 5.92 Å². The van der Waals surface area contributed by atoms with E-state index < -0.39 is 0 Å². The lowest BCUT2D eigenvalue weighted by Crippen LogP contribution is -2.30. The molecule has 0 saturated carbocycles. The molecule has 0 bridgehead atoms. The van der Waals surface area contributed by atoms with E-state index in [1.807, 2.05) is 49.6 Å². The molecular formula is C24H25N3O3S. The number of carbonyl (C=O) groups is 3. The number of rotatable bonds is 7. The Hall–Kier alpha value is -3.45. The zero-order chi connectivity index (χ0) is 22.4. The van der Waals surface area contributed by atoms with Gasteiger partial charge < -0.3 is 15.5 Å². The third-order valence-electron chi connectivity index (χ3n) is 4.72. The van der Waals surface area contributed by atoms with Gasteiger partial charge in [-0.25, -0.2) is 0 Å². The second kappa shape index (κ2) is 10.0. The Kier molecular flexibility index (Phi) is 7.20. The summed E-state index contributed by atoms with van der Waals surface area (Å²) in [6.07, 6.45) is 0. The van der Waals surface area contributed by atoms with Crippen LogP contribution >= 0.6 is 11.3 Å². The molecule has 0 atom stereocenters. The third kappa shape index (κ3) is 5.58. The van der Waals surface area contributed by atoms with Crippen LogP contribution in [0.25, 0.3) is 0 Å². The van der Waals surface area contributed by atoms with Crippen LogP contribution < -0.4 is 15.5 Å². The molecule has 0 unspecified atom stereocenters. The third-order valence-corrected chi connectivity index (χ3v) is 5.58. The molecule has 0 saturated heterocycles. The monoisotopic (exact) mass is 435 g/mol. The van der Waals surface area contributed by atoms with Crippen LogP contribution in [0.3, 0.4) is 0 Å². The van der Waals surface area contributed by atoms with Gasteiger partial charge in [-0.05, 0) is 41.3 Å². The van der Waals surface area contributed by atoms with E-state index in [1.165, 1.54) is 16.2 Å². The fourth-order valence-electron chi connectivity index (χ4n) is 2.96. The van der Waals surface area contributed by atoms with E-state index >= 15 is 0 Å². The van der Waals surface area contributed by atoms with Gasteiger partial charge in [-0.2, -0.15) is 0 Å². The first kappa shape index (κ1) is 22.2. The summed E-state index contributed by atoms with van der Waals surface area (Å²) in [6, 6.07) is 18.0. The SMILES string of the molecule is CC(C)C(=O)Nc1cccc(CNC(=O)c2ccccc2N(C)C(=O)c2cccs2)c1. The van der Waals surface area contributed by atoms with Crippen molar-refractivity contribution in [3.8, 4) is 0 Å². The molecule has 0 fully saturated rings. The van der Waals surface area contributed by atoms with Gasteiger partial charge in [0.15, 0.2) is 0 Å². The van der Waals surface area contributed by atoms with Crippen molar-refractivity contribution < 1.29 is 14.4 Å². The fourth-order valence-corrected chi connectivity index (χ4v) is 3.65. The summed E-state index contributed by atoms with van der Waals surface area (Å²) in [7, 11) is 1.66. The van der Waals surface area contributed by atoms with Crippen LogP contribution in [0.2, 0.25) is 0 Å². The summed E-state index contributed by atoms with van der Waals surface area (Å²) in [5.74, 6) is -0.621. The largest absolute Gasteiger partial charge is 0.348 e. The predicted octanol–water partition coefficient (Wildman–Crippen LogP) is 4.55. The average Bonchev–Trinajstić information content (AvgIpc) is 3.31. The molecule has 3 rings (SSSR count). The molecule has 3 amide bonds. The number of anilines is 2. The summed E-state index contributed by atoms with van der Waals surface area (Å²) >= 11 is 1.36. The molecule has 0 aliphatic heterocycles. The lowest BCUT2D eigenvalue weighted by atomic mass is 10.1. The second-order valence-corrected chi connectivity index (χ2v) is 8.33. The molecule has 7 heteroatoms. The van der Waals surface area contributed by atoms with Gasteiger partial charge in [0.25, 0.3) is 11.8 Å². The minimum absolute atomic E-state index is 0.0615. The zero-order valence-corrected chi connectivity index (χ0v) is 18.5. The highest BCUT2D eigenvalue weighted by atomic mass is 32.1. The number of hydrogen-bond donors (Lipinski definition) is 2. The molecule has 0 aliphatic rings. The first-order valence-electron chi connectivity index (χ1n) is 9.95. The van der Waals surface area contributed by atoms with Gasteiger partial charge in [-0.3, -0.25) is 14.4 Å². The first-order valence-corrected chi connectivity index (χ1v) is 10.8. The summed E-state index contributed by atoms with van der Waals surface area (Å²) in [5.41, 5.74) is 2.50. The van der Waals surface area contributed by atoms with Crippen LogP contribution in [-0.2, 0) is 11.3 Å². The van der Waals surface area contributed by atoms with Gasteiger partial charge >= 0.3 is 0 Å². The van der Waals surface area contributed by atoms with Crippen molar-refractivity contribution in [2.24, 2.45) is 5.92 Å². The summed E-state index contributed by atoms with van der Waals surface area (Å²) < 4.78 is 0. The molecule has 2 aromatic carbocycles. The molecule has 1 aromatic heterocycles. The molecule has 160 valence electrons. The minimum atomic E-state index is -0.280. The van der Waals surface area contributed by atoms with Crippen LogP contribution in [0.15, 0.2) is 66.0 Å². The van der Waals surface area contributed by atoms with E-state index in [0.29, 0.717) is 28.4 Å². The van der Waals surface area contributed by atoms with E-state index in [9.17, 15) is 14.4 Å². The number of amides is 3. The fraction of sp³-hybridized carbons (Fsp3) is 0.208. The molecule has 6 nitrogen and oxygen atoms in total. The number of hydrogen-bond acceptors (Lipinski definition) is 4. The van der Waals surface area contributed by atoms with Crippen molar-refractivity contribution in [2.45, 2.75) is 20.4 Å². The van der Waals surface area contributed by atoms with Gasteiger partial charge in [-0.1, -0.05) is 44.2 Å². The van der Waals surface area contributed by atoms with Crippen molar-refractivity contribution in [3.63, 3.8) is 0 Å². The maximum Gasteiger partial charge on any atom is 0.268 e. The molecular weight excluding hydrogens is 410 g/mol. The molecule has 1 heterocycles. The van der Waals surface area contributed by atoms with Crippen molar-refractivity contribution in [1.29, 1.82) is 0 Å². The highest BCUT2D eigenvalue weighted by Crippen LogP contribution is 2.23. The van der Waals surface area contributed by atoms with Crippen molar-refractivity contribution in [3.05, 3.63) is 82.0 Å². The number of benzene rings is 2. The Labute approximate surface area is 185 Å². The Morgan fingerprint density at radius 2 is 1.77 bits per heavy atom. The van der Waals surface area contributed by atoms with Gasteiger partial charge in [0.1, 0.15) is 0 Å². The number of thiophene rings is 1. The van der Waals surface area contributed by atoms with E-state index in [2.05, 4.69) is 10.6 Å². The smallest absolute Gasteiger partial charge is 0.268 e. The van der Waals surface area contributed by atoms with E-state index in [4.69, 9.17) is 0 Å². The lowest BCUT2D eigenvalue weighted by molar-refractivity contribution is -0.118. The molecule has 0 spiro atoms. The van der Waals surface area contributed by atoms with Gasteiger partial charge in [-0.15, -0.1) is 11.3 Å². The second-order valence-electron chi connectivity index (χ2n) is 7.39. The Morgan fingerprint density at radius 1 is 1.00 bits per heavy atom. The first-order chi connectivity index (χ1) is 14.9. The van der Waals surface area contributed by atoms with E-state index in [0.717, 1.165) is 5.56 Å². The van der Waals surface area contributed by atoms with Crippen molar-refractivity contribution >= 4 is 40.4 Å². The maximum atomic E-state index is 12.9. The normalized spacial score (nSPS) is 10.6. The number of para-hydroxylation sites is 1. The maximum absolute atomic E-state index is 12.9. The Balaban J connectivity index is 1.71. The standard InChI is InChI=1S/C24H25N3O3S/c1-16(2)22(28)26-18-9-6-8-17(14-18)15-25-23(29)19-10-4-5-11-20(19)27(3)24(30)21-12-7-13-31-21/h4-14,16H,15H2,1-3H3,(H,25,29)(H,26,28). The summed E-state index contributed by atoms with van der Waals surface area (Å²) in [6.45, 7) is 3.95. The average molecular weight is 436 g/mol. The molecule has 31 heavy (non-hydrogen) atoms. The quantitative estimate of drug-likeness (QED) is 0.571. The number of nitrogens with zero attached hydrogens (tertiary/aromatic N) is 1. The number of carbonyl (C=O) groups excluding carboxylic acids is 3. The van der Waals surface area contributed by atoms with Crippen LogP contribution in [0.1, 0.15) is 39.4 Å². The number of nitrogens with one attached hydrogen (secondary N) is 2. The molecule has 0 aliphatic carbocycles. The Bertz CT molecular complexity index is 1080. The molecule has 3 aromatic rings. The van der Waals surface area contributed by atoms with Crippen LogP contribution in [0.5, 0.6) is 0 Å². The summed E-state index contributed by atoms with van der Waals surface area (Å²) in [4.78, 5) is 39.6. The van der Waals surface area contributed by atoms with Crippen LogP contribution in [-0.4, -0.2) is 24.8 Å². The highest BCUT2D eigenvalue weighted by Gasteiger charge is 2.20. The molecule has 2 N–H and O–H groups in total. The van der Waals surface area contributed by atoms with Crippen LogP contribution in [0.4, 0.5) is 11.4 Å². The van der Waals surface area contributed by atoms with Crippen molar-refractivity contribution in [2.75, 3.05) is 17.3 Å². The predicted molar refractivity (Wildman–Crippen MR) is 125 cm³/mol. The van der Waals surface area contributed by atoms with E-state index in [1.54, 1.807) is 37.4 Å². The van der Waals surface area contributed by atoms with Gasteiger partial charge in [0, 0.05) is 25.2 Å². The minimum Gasteiger partial charge on any atom is -0.348 e. The van der Waals surface area contributed by atoms with Gasteiger partial charge in [0.2, 0.25) is 5.91 Å². The topological polar surface area (TPSA) is 78.5 Å². The lowest BCUT2D eigenvalue weighted by Gasteiger charge is -2.20. The molecule has 0 radical (unpaired) electrons. The van der Waals surface area contributed by atoms with E-state index in [-0.39, 0.29) is 23.6 Å². The van der Waals surface area contributed by atoms with Gasteiger partial charge in [0.05, 0.1) is 16.1 Å². The zero-order valence-electron chi connectivity index (χ0n) is 17.7. The van der Waals surface area contributed by atoms with Crippen molar-refractivity contribution in [1.82, 2.24) is 5.32 Å². The summed E-state index contributed by atoms with van der Waals surface area (Å²) in [5, 5.41) is 7.60.